The van der Waals surface area contributed by atoms with Gasteiger partial charge in [-0.3, -0.25) is 14.8 Å². The Morgan fingerprint density at radius 3 is 2.18 bits per heavy atom. The Bertz CT molecular complexity index is 1270. The van der Waals surface area contributed by atoms with E-state index in [9.17, 15) is 18.0 Å². The Balaban J connectivity index is 1.68. The molecule has 9 heteroatoms. The van der Waals surface area contributed by atoms with Crippen LogP contribution in [0.5, 0.6) is 0 Å². The molecule has 33 heavy (non-hydrogen) atoms. The maximum Gasteiger partial charge on any atom is 0.411 e. The zero-order chi connectivity index (χ0) is 24.0. The molecule has 0 aliphatic heterocycles. The van der Waals surface area contributed by atoms with E-state index in [-0.39, 0.29) is 11.5 Å². The summed E-state index contributed by atoms with van der Waals surface area (Å²) in [6, 6.07) is 17.5. The maximum absolute atomic E-state index is 12.7. The third kappa shape index (κ3) is 6.33. The molecule has 0 unspecified atom stereocenters. The Hall–Kier alpha value is -3.85. The van der Waals surface area contributed by atoms with Gasteiger partial charge in [0.25, 0.3) is 15.9 Å². The molecule has 3 rings (SSSR count). The topological polar surface area (TPSA) is 114 Å². The molecule has 3 aromatic carbocycles. The van der Waals surface area contributed by atoms with Crippen molar-refractivity contribution in [3.05, 3.63) is 83.4 Å². The molecule has 0 aliphatic carbocycles. The van der Waals surface area contributed by atoms with Crippen molar-refractivity contribution in [2.75, 3.05) is 22.0 Å². The number of benzene rings is 3. The number of hydrogen-bond donors (Lipinski definition) is 3. The summed E-state index contributed by atoms with van der Waals surface area (Å²) in [5, 5.41) is 5.25. The van der Waals surface area contributed by atoms with Gasteiger partial charge in [0.05, 0.1) is 11.5 Å². The van der Waals surface area contributed by atoms with E-state index in [2.05, 4.69) is 15.4 Å². The van der Waals surface area contributed by atoms with Crippen molar-refractivity contribution in [3.63, 3.8) is 0 Å². The van der Waals surface area contributed by atoms with Crippen molar-refractivity contribution in [2.24, 2.45) is 0 Å². The lowest BCUT2D eigenvalue weighted by Gasteiger charge is -2.11. The van der Waals surface area contributed by atoms with Gasteiger partial charge >= 0.3 is 6.09 Å². The second kappa shape index (κ2) is 10.2. The molecule has 0 heterocycles. The molecule has 172 valence electrons. The molecule has 0 radical (unpaired) electrons. The Morgan fingerprint density at radius 1 is 0.818 bits per heavy atom. The SMILES string of the molecule is CCOC(=O)Nc1cccc(C(=O)Nc2ccc(S(=O)(=O)Nc3ccc(C)c(C)c3)cc2)c1. The fourth-order valence-corrected chi connectivity index (χ4v) is 4.01. The average molecular weight is 468 g/mol. The zero-order valence-corrected chi connectivity index (χ0v) is 19.3. The number of anilines is 3. The number of aryl methyl sites for hydroxylation is 2. The van der Waals surface area contributed by atoms with Crippen LogP contribution in [0.1, 0.15) is 28.4 Å². The summed E-state index contributed by atoms with van der Waals surface area (Å²) in [6.45, 7) is 5.79. The second-order valence-corrected chi connectivity index (χ2v) is 8.99. The van der Waals surface area contributed by atoms with Crippen LogP contribution in [-0.2, 0) is 14.8 Å². The van der Waals surface area contributed by atoms with Gasteiger partial charge in [0.1, 0.15) is 0 Å². The quantitative estimate of drug-likeness (QED) is 0.456. The Labute approximate surface area is 193 Å². The van der Waals surface area contributed by atoms with Gasteiger partial charge in [-0.1, -0.05) is 12.1 Å². The maximum atomic E-state index is 12.7. The van der Waals surface area contributed by atoms with E-state index < -0.39 is 22.0 Å². The molecule has 0 bridgehead atoms. The third-order valence-corrected chi connectivity index (χ3v) is 6.23. The minimum Gasteiger partial charge on any atom is -0.450 e. The molecule has 0 saturated heterocycles. The van der Waals surface area contributed by atoms with Crippen molar-refractivity contribution < 1.29 is 22.7 Å². The summed E-state index contributed by atoms with van der Waals surface area (Å²) < 4.78 is 32.7. The number of hydrogen-bond acceptors (Lipinski definition) is 5. The van der Waals surface area contributed by atoms with Gasteiger partial charge in [0, 0.05) is 22.6 Å². The smallest absolute Gasteiger partial charge is 0.411 e. The first kappa shape index (κ1) is 23.8. The normalized spacial score (nSPS) is 10.9. The van der Waals surface area contributed by atoms with Crippen molar-refractivity contribution in [1.29, 1.82) is 0 Å². The Kier molecular flexibility index (Phi) is 7.34. The fraction of sp³-hybridized carbons (Fsp3) is 0.167. The molecule has 3 aromatic rings. The second-order valence-electron chi connectivity index (χ2n) is 7.31. The summed E-state index contributed by atoms with van der Waals surface area (Å²) in [5.74, 6) is -0.411. The van der Waals surface area contributed by atoms with Crippen LogP contribution in [0.15, 0.2) is 71.6 Å². The molecule has 3 N–H and O–H groups in total. The van der Waals surface area contributed by atoms with Crippen LogP contribution in [0, 0.1) is 13.8 Å². The summed E-state index contributed by atoms with van der Waals surface area (Å²) >= 11 is 0. The molecule has 0 saturated carbocycles. The van der Waals surface area contributed by atoms with E-state index in [0.717, 1.165) is 11.1 Å². The minimum atomic E-state index is -3.78. The number of amides is 2. The highest BCUT2D eigenvalue weighted by molar-refractivity contribution is 7.92. The van der Waals surface area contributed by atoms with Crippen LogP contribution in [0.25, 0.3) is 0 Å². The van der Waals surface area contributed by atoms with Gasteiger partial charge in [-0.25, -0.2) is 13.2 Å². The minimum absolute atomic E-state index is 0.0689. The molecular formula is C24H25N3O5S. The van der Waals surface area contributed by atoms with Gasteiger partial charge < -0.3 is 10.1 Å². The molecule has 0 spiro atoms. The van der Waals surface area contributed by atoms with Crippen LogP contribution in [0.2, 0.25) is 0 Å². The monoisotopic (exact) mass is 467 g/mol. The standard InChI is InChI=1S/C24H25N3O5S/c1-4-32-24(29)26-20-7-5-6-18(15-20)23(28)25-19-10-12-22(13-11-19)33(30,31)27-21-9-8-16(2)17(3)14-21/h5-15,27H,4H2,1-3H3,(H,25,28)(H,26,29). The lowest BCUT2D eigenvalue weighted by molar-refractivity contribution is 0.102. The zero-order valence-electron chi connectivity index (χ0n) is 18.5. The van der Waals surface area contributed by atoms with E-state index in [0.29, 0.717) is 22.6 Å². The number of sulfonamides is 1. The lowest BCUT2D eigenvalue weighted by atomic mass is 10.1. The summed E-state index contributed by atoms with van der Waals surface area (Å²) in [6.07, 6.45) is -0.610. The van der Waals surface area contributed by atoms with Crippen LogP contribution in [0.4, 0.5) is 21.9 Å². The molecule has 0 aromatic heterocycles. The Morgan fingerprint density at radius 2 is 1.52 bits per heavy atom. The van der Waals surface area contributed by atoms with Crippen LogP contribution < -0.4 is 15.4 Å². The largest absolute Gasteiger partial charge is 0.450 e. The molecular weight excluding hydrogens is 442 g/mol. The van der Waals surface area contributed by atoms with Crippen molar-refractivity contribution in [3.8, 4) is 0 Å². The first-order chi connectivity index (χ1) is 15.7. The van der Waals surface area contributed by atoms with Crippen molar-refractivity contribution in [1.82, 2.24) is 0 Å². The van der Waals surface area contributed by atoms with E-state index in [4.69, 9.17) is 4.74 Å². The molecule has 0 aliphatic rings. The first-order valence-electron chi connectivity index (χ1n) is 10.2. The number of ether oxygens (including phenoxy) is 1. The van der Waals surface area contributed by atoms with E-state index in [1.165, 1.54) is 30.3 Å². The van der Waals surface area contributed by atoms with Gasteiger partial charge in [-0.15, -0.1) is 0 Å². The molecule has 2 amide bonds. The van der Waals surface area contributed by atoms with Crippen LogP contribution in [-0.4, -0.2) is 27.0 Å². The summed E-state index contributed by atoms with van der Waals surface area (Å²) in [4.78, 5) is 24.2. The predicted octanol–water partition coefficient (Wildman–Crippen LogP) is 4.92. The number of nitrogens with one attached hydrogen (secondary N) is 3. The highest BCUT2D eigenvalue weighted by Crippen LogP contribution is 2.21. The van der Waals surface area contributed by atoms with Gasteiger partial charge in [0.15, 0.2) is 0 Å². The lowest BCUT2D eigenvalue weighted by Crippen LogP contribution is -2.16. The van der Waals surface area contributed by atoms with E-state index in [1.807, 2.05) is 19.9 Å². The first-order valence-corrected chi connectivity index (χ1v) is 11.7. The van der Waals surface area contributed by atoms with Crippen LogP contribution in [0.3, 0.4) is 0 Å². The molecule has 0 fully saturated rings. The highest BCUT2D eigenvalue weighted by atomic mass is 32.2. The van der Waals surface area contributed by atoms with Gasteiger partial charge in [0.2, 0.25) is 0 Å². The van der Waals surface area contributed by atoms with E-state index in [1.54, 1.807) is 37.3 Å². The van der Waals surface area contributed by atoms with Crippen molar-refractivity contribution >= 4 is 39.1 Å². The highest BCUT2D eigenvalue weighted by Gasteiger charge is 2.15. The fourth-order valence-electron chi connectivity index (χ4n) is 2.96. The van der Waals surface area contributed by atoms with E-state index >= 15 is 0 Å². The number of carbonyl (C=O) groups excluding carboxylic acids is 2. The van der Waals surface area contributed by atoms with Crippen LogP contribution >= 0.6 is 0 Å². The summed E-state index contributed by atoms with van der Waals surface area (Å²) in [7, 11) is -3.78. The third-order valence-electron chi connectivity index (χ3n) is 4.83. The van der Waals surface area contributed by atoms with Crippen molar-refractivity contribution in [2.45, 2.75) is 25.7 Å². The number of rotatable bonds is 7. The molecule has 8 nitrogen and oxygen atoms in total. The van der Waals surface area contributed by atoms with Gasteiger partial charge in [-0.05, 0) is 86.5 Å². The van der Waals surface area contributed by atoms with Gasteiger partial charge in [-0.2, -0.15) is 0 Å². The summed E-state index contributed by atoms with van der Waals surface area (Å²) in [5.41, 5.74) is 3.69. The number of carbonyl (C=O) groups is 2. The average Bonchev–Trinajstić information content (AvgIpc) is 2.77. The molecule has 0 atom stereocenters. The predicted molar refractivity (Wildman–Crippen MR) is 128 cm³/mol.